The highest BCUT2D eigenvalue weighted by Crippen LogP contribution is 2.38. The van der Waals surface area contributed by atoms with Gasteiger partial charge in [0.25, 0.3) is 0 Å². The smallest absolute Gasteiger partial charge is 0.417 e. The van der Waals surface area contributed by atoms with E-state index in [9.17, 15) is 22.8 Å². The number of aromatic nitrogens is 3. The van der Waals surface area contributed by atoms with E-state index in [1.807, 2.05) is 30.3 Å². The number of alkyl halides is 3. The normalized spacial score (nSPS) is 13.2. The minimum Gasteiger partial charge on any atom is -0.612 e. The zero-order chi connectivity index (χ0) is 24.7. The van der Waals surface area contributed by atoms with Crippen molar-refractivity contribution in [3.05, 3.63) is 84.4 Å². The number of imidazole rings is 1. The van der Waals surface area contributed by atoms with Crippen LogP contribution in [0.4, 0.5) is 13.2 Å². The molecule has 0 aliphatic heterocycles. The molecule has 0 aliphatic rings. The maximum absolute atomic E-state index is 13.7. The van der Waals surface area contributed by atoms with Crippen molar-refractivity contribution in [1.82, 2.24) is 14.5 Å². The van der Waals surface area contributed by atoms with Crippen molar-refractivity contribution >= 4 is 11.2 Å². The molecule has 0 fully saturated rings. The molecule has 0 bridgehead atoms. The van der Waals surface area contributed by atoms with E-state index in [1.54, 1.807) is 24.5 Å². The lowest BCUT2D eigenvalue weighted by molar-refractivity contribution is -0.137. The molecule has 0 saturated carbocycles. The Bertz CT molecular complexity index is 1310. The van der Waals surface area contributed by atoms with E-state index in [1.165, 1.54) is 24.6 Å². The van der Waals surface area contributed by atoms with Crippen molar-refractivity contribution in [2.45, 2.75) is 30.5 Å². The Labute approximate surface area is 198 Å². The monoisotopic (exact) mass is 485 g/mol. The second kappa shape index (κ2) is 8.90. The summed E-state index contributed by atoms with van der Waals surface area (Å²) in [6.45, 7) is 3.04. The van der Waals surface area contributed by atoms with Crippen molar-refractivity contribution in [3.63, 3.8) is 0 Å². The summed E-state index contributed by atoms with van der Waals surface area (Å²) in [5, 5.41) is 10.5. The molecule has 0 aliphatic carbocycles. The first kappa shape index (κ1) is 24.0. The molecule has 2 aromatic heterocycles. The van der Waals surface area contributed by atoms with Crippen molar-refractivity contribution in [3.8, 4) is 28.2 Å². The molecule has 5 nitrogen and oxygen atoms in total. The van der Waals surface area contributed by atoms with Gasteiger partial charge in [0.1, 0.15) is 17.7 Å². The highest BCUT2D eigenvalue weighted by molar-refractivity contribution is 7.90. The third kappa shape index (κ3) is 4.86. The Morgan fingerprint density at radius 3 is 2.32 bits per heavy atom. The quantitative estimate of drug-likeness (QED) is 0.374. The van der Waals surface area contributed by atoms with E-state index in [0.717, 1.165) is 29.6 Å². The van der Waals surface area contributed by atoms with E-state index in [0.29, 0.717) is 10.6 Å². The van der Waals surface area contributed by atoms with Gasteiger partial charge in [-0.25, -0.2) is 4.98 Å². The van der Waals surface area contributed by atoms with Crippen LogP contribution in [0.25, 0.3) is 28.2 Å². The zero-order valence-electron chi connectivity index (χ0n) is 18.7. The molecule has 0 saturated heterocycles. The Morgan fingerprint density at radius 2 is 1.71 bits per heavy atom. The fourth-order valence-corrected chi connectivity index (χ4v) is 4.11. The summed E-state index contributed by atoms with van der Waals surface area (Å²) in [6, 6.07) is 15.4. The first-order chi connectivity index (χ1) is 15.9. The molecule has 1 unspecified atom stereocenters. The van der Waals surface area contributed by atoms with Gasteiger partial charge in [0.15, 0.2) is 4.90 Å². The van der Waals surface area contributed by atoms with E-state index in [2.05, 4.69) is 9.97 Å². The molecule has 0 spiro atoms. The van der Waals surface area contributed by atoms with Gasteiger partial charge >= 0.3 is 6.18 Å². The first-order valence-electron chi connectivity index (χ1n) is 10.3. The second-order valence-electron chi connectivity index (χ2n) is 8.33. The number of nitrogens with zero attached hydrogens (tertiary/aromatic N) is 3. The van der Waals surface area contributed by atoms with E-state index in [4.69, 9.17) is 0 Å². The van der Waals surface area contributed by atoms with Gasteiger partial charge in [-0.2, -0.15) is 13.2 Å². The maximum Gasteiger partial charge on any atom is 0.417 e. The molecule has 4 aromatic rings. The van der Waals surface area contributed by atoms with Crippen LogP contribution in [0, 0.1) is 0 Å². The van der Waals surface area contributed by atoms with E-state index in [-0.39, 0.29) is 17.1 Å². The van der Waals surface area contributed by atoms with Crippen LogP contribution in [0.2, 0.25) is 0 Å². The third-order valence-corrected chi connectivity index (χ3v) is 6.26. The Balaban J connectivity index is 1.83. The van der Waals surface area contributed by atoms with Crippen molar-refractivity contribution in [1.29, 1.82) is 0 Å². The van der Waals surface area contributed by atoms with Crippen LogP contribution in [0.1, 0.15) is 25.1 Å². The highest BCUT2D eigenvalue weighted by atomic mass is 32.2. The Kier molecular flexibility index (Phi) is 6.28. The molecule has 1 N–H and O–H groups in total. The maximum atomic E-state index is 13.7. The molecule has 0 amide bonds. The number of pyridine rings is 1. The molecular formula is C25H22F3N3O2S. The third-order valence-electron chi connectivity index (χ3n) is 5.34. The summed E-state index contributed by atoms with van der Waals surface area (Å²) in [4.78, 5) is 8.93. The molecule has 34 heavy (non-hydrogen) atoms. The minimum atomic E-state index is -4.60. The van der Waals surface area contributed by atoms with Gasteiger partial charge in [-0.1, -0.05) is 24.3 Å². The molecule has 0 radical (unpaired) electrons. The molecule has 2 aromatic carbocycles. The number of hydrogen-bond acceptors (Lipinski definition) is 4. The number of rotatable bonds is 5. The molecule has 4 rings (SSSR count). The summed E-state index contributed by atoms with van der Waals surface area (Å²) < 4.78 is 54.4. The minimum absolute atomic E-state index is 0.0219. The average molecular weight is 486 g/mol. The Morgan fingerprint density at radius 1 is 1.00 bits per heavy atom. The van der Waals surface area contributed by atoms with Gasteiger partial charge in [-0.15, -0.1) is 0 Å². The molecule has 176 valence electrons. The SMILES string of the molecule is C[S+]([O-])c1cccc(-c2ccc(-n3cc(C(C)(C)O)nc3-c3cnccc3C(F)(F)F)cc2)c1. The number of benzene rings is 2. The summed E-state index contributed by atoms with van der Waals surface area (Å²) in [7, 11) is 0. The summed E-state index contributed by atoms with van der Waals surface area (Å²) in [5.74, 6) is 0.0219. The number of halogens is 3. The van der Waals surface area contributed by atoms with Crippen LogP contribution in [0.15, 0.2) is 78.1 Å². The Hall–Kier alpha value is -3.14. The molecule has 1 atom stereocenters. The van der Waals surface area contributed by atoms with Gasteiger partial charge < -0.3 is 9.66 Å². The summed E-state index contributed by atoms with van der Waals surface area (Å²) in [6.07, 6.45) is 0.747. The van der Waals surface area contributed by atoms with Crippen LogP contribution in [0.3, 0.4) is 0 Å². The van der Waals surface area contributed by atoms with Crippen LogP contribution in [-0.4, -0.2) is 30.5 Å². The van der Waals surface area contributed by atoms with Crippen molar-refractivity contribution < 1.29 is 22.8 Å². The fourth-order valence-electron chi connectivity index (χ4n) is 3.55. The molecule has 2 heterocycles. The largest absolute Gasteiger partial charge is 0.612 e. The van der Waals surface area contributed by atoms with E-state index < -0.39 is 28.5 Å². The van der Waals surface area contributed by atoms with Crippen molar-refractivity contribution in [2.75, 3.05) is 6.26 Å². The lowest BCUT2D eigenvalue weighted by Gasteiger charge is -2.14. The highest BCUT2D eigenvalue weighted by Gasteiger charge is 2.35. The van der Waals surface area contributed by atoms with Crippen LogP contribution >= 0.6 is 0 Å². The lowest BCUT2D eigenvalue weighted by atomic mass is 10.1. The van der Waals surface area contributed by atoms with Crippen LogP contribution in [-0.2, 0) is 23.0 Å². The number of aliphatic hydroxyl groups is 1. The second-order valence-corrected chi connectivity index (χ2v) is 9.71. The number of hydrogen-bond donors (Lipinski definition) is 1. The zero-order valence-corrected chi connectivity index (χ0v) is 19.5. The van der Waals surface area contributed by atoms with Gasteiger partial charge in [0.05, 0.1) is 11.3 Å². The van der Waals surface area contributed by atoms with Gasteiger partial charge in [0.2, 0.25) is 0 Å². The first-order valence-corrected chi connectivity index (χ1v) is 11.9. The standard InChI is InChI=1S/C25H22F3N3O2S/c1-24(2,32)22-15-31(23(30-22)20-14-29-12-11-21(20)25(26,27)28)18-9-7-16(8-10-18)17-5-4-6-19(13-17)34(3)33/h4-15,32H,1-3H3. The van der Waals surface area contributed by atoms with Gasteiger partial charge in [-0.3, -0.25) is 9.55 Å². The van der Waals surface area contributed by atoms with Crippen molar-refractivity contribution in [2.24, 2.45) is 0 Å². The summed E-state index contributed by atoms with van der Waals surface area (Å²) >= 11 is -1.12. The lowest BCUT2D eigenvalue weighted by Crippen LogP contribution is -2.15. The predicted octanol–water partition coefficient (Wildman–Crippen LogP) is 5.58. The van der Waals surface area contributed by atoms with E-state index >= 15 is 0 Å². The molecule has 9 heteroatoms. The average Bonchev–Trinajstić information content (AvgIpc) is 3.25. The van der Waals surface area contributed by atoms with Crippen LogP contribution in [0.5, 0.6) is 0 Å². The van der Waals surface area contributed by atoms with Crippen LogP contribution < -0.4 is 0 Å². The fraction of sp³-hybridized carbons (Fsp3) is 0.200. The van der Waals surface area contributed by atoms with Gasteiger partial charge in [0, 0.05) is 35.9 Å². The predicted molar refractivity (Wildman–Crippen MR) is 125 cm³/mol. The topological polar surface area (TPSA) is 74.0 Å². The molecular weight excluding hydrogens is 463 g/mol. The van der Waals surface area contributed by atoms with Gasteiger partial charge in [-0.05, 0) is 60.4 Å². The summed E-state index contributed by atoms with van der Waals surface area (Å²) in [5.41, 5.74) is 0.101.